The fourth-order valence-electron chi connectivity index (χ4n) is 6.76. The van der Waals surface area contributed by atoms with Crippen molar-refractivity contribution in [2.24, 2.45) is 10.8 Å². The third kappa shape index (κ3) is 7.35. The Morgan fingerprint density at radius 2 is 1.60 bits per heavy atom. The maximum absolute atomic E-state index is 13.6. The van der Waals surface area contributed by atoms with Crippen molar-refractivity contribution < 1.29 is 23.8 Å². The van der Waals surface area contributed by atoms with Crippen molar-refractivity contribution in [3.63, 3.8) is 0 Å². The highest BCUT2D eigenvalue weighted by atomic mass is 16.6. The average Bonchev–Trinajstić information content (AvgIpc) is 3.74. The van der Waals surface area contributed by atoms with Crippen LogP contribution >= 0.6 is 0 Å². The summed E-state index contributed by atoms with van der Waals surface area (Å²) in [4.78, 5) is 31.3. The molecule has 2 saturated carbocycles. The van der Waals surface area contributed by atoms with E-state index >= 15 is 0 Å². The first kappa shape index (κ1) is 30.6. The molecule has 3 aliphatic rings. The largest absolute Gasteiger partial charge is 0.460 e. The molecule has 2 aromatic carbocycles. The number of carbonyl (C=O) groups excluding carboxylic acids is 2. The molecule has 1 unspecified atom stereocenters. The minimum atomic E-state index is -0.559. The van der Waals surface area contributed by atoms with Gasteiger partial charge in [-0.1, -0.05) is 67.1 Å². The number of amides is 1. The number of hydrogen-bond acceptors (Lipinski definition) is 6. The van der Waals surface area contributed by atoms with Gasteiger partial charge in [-0.2, -0.15) is 0 Å². The average molecular weight is 577 g/mol. The van der Waals surface area contributed by atoms with E-state index in [0.29, 0.717) is 25.7 Å². The second kappa shape index (κ2) is 12.8. The number of likely N-dealkylation sites (tertiary alicyclic amines) is 1. The molecule has 0 aromatic heterocycles. The first-order valence-electron chi connectivity index (χ1n) is 15.6. The first-order chi connectivity index (χ1) is 20.1. The van der Waals surface area contributed by atoms with Gasteiger partial charge in [0.25, 0.3) is 0 Å². The smallest absolute Gasteiger partial charge is 0.410 e. The van der Waals surface area contributed by atoms with Gasteiger partial charge in [-0.3, -0.25) is 4.79 Å². The second-order valence-electron chi connectivity index (χ2n) is 13.8. The molecule has 2 aromatic rings. The number of piperidine rings is 1. The van der Waals surface area contributed by atoms with Crippen molar-refractivity contribution in [1.82, 2.24) is 9.80 Å². The summed E-state index contributed by atoms with van der Waals surface area (Å²) in [6.07, 6.45) is 5.35. The summed E-state index contributed by atoms with van der Waals surface area (Å²) >= 11 is 0. The van der Waals surface area contributed by atoms with Crippen molar-refractivity contribution in [2.45, 2.75) is 83.5 Å². The molecule has 7 nitrogen and oxygen atoms in total. The summed E-state index contributed by atoms with van der Waals surface area (Å²) in [6.45, 7) is 9.77. The van der Waals surface area contributed by atoms with Gasteiger partial charge in [0, 0.05) is 37.6 Å². The molecule has 1 saturated heterocycles. The van der Waals surface area contributed by atoms with Gasteiger partial charge in [-0.25, -0.2) is 4.79 Å². The number of rotatable bonds is 11. The van der Waals surface area contributed by atoms with Crippen molar-refractivity contribution in [3.05, 3.63) is 71.8 Å². The van der Waals surface area contributed by atoms with E-state index in [-0.39, 0.29) is 23.5 Å². The molecule has 7 heteroatoms. The molecule has 0 N–H and O–H groups in total. The third-order valence-corrected chi connectivity index (χ3v) is 9.37. The van der Waals surface area contributed by atoms with Crippen LogP contribution in [0.4, 0.5) is 4.79 Å². The summed E-state index contributed by atoms with van der Waals surface area (Å²) in [5.74, 6) is 0.266. The molecule has 0 radical (unpaired) electrons. The minimum absolute atomic E-state index is 0.0666. The lowest BCUT2D eigenvalue weighted by molar-refractivity contribution is -0.165. The topological polar surface area (TPSA) is 68.3 Å². The molecule has 5 rings (SSSR count). The number of nitrogens with zero attached hydrogens (tertiary/aromatic N) is 2. The van der Waals surface area contributed by atoms with Gasteiger partial charge in [-0.15, -0.1) is 0 Å². The number of hydrogen-bond donors (Lipinski definition) is 0. The highest BCUT2D eigenvalue weighted by molar-refractivity contribution is 5.78. The minimum Gasteiger partial charge on any atom is -0.460 e. The van der Waals surface area contributed by atoms with Crippen molar-refractivity contribution in [2.75, 3.05) is 39.9 Å². The normalized spacial score (nSPS) is 23.0. The zero-order valence-corrected chi connectivity index (χ0v) is 25.8. The molecule has 2 atom stereocenters. The lowest BCUT2D eigenvalue weighted by Crippen LogP contribution is -2.54. The Balaban J connectivity index is 1.23. The van der Waals surface area contributed by atoms with Crippen LogP contribution in [-0.4, -0.2) is 73.4 Å². The maximum Gasteiger partial charge on any atom is 0.410 e. The molecule has 228 valence electrons. The molecular weight excluding hydrogens is 528 g/mol. The summed E-state index contributed by atoms with van der Waals surface area (Å²) in [7, 11) is 1.75. The molecule has 1 amide bonds. The lowest BCUT2D eigenvalue weighted by atomic mass is 9.67. The Labute approximate surface area is 251 Å². The van der Waals surface area contributed by atoms with Gasteiger partial charge < -0.3 is 24.0 Å². The van der Waals surface area contributed by atoms with E-state index in [9.17, 15) is 9.59 Å². The van der Waals surface area contributed by atoms with Gasteiger partial charge >= 0.3 is 12.1 Å². The zero-order chi connectivity index (χ0) is 29.8. The zero-order valence-electron chi connectivity index (χ0n) is 25.8. The number of methoxy groups -OCH3 is 1. The van der Waals surface area contributed by atoms with Crippen LogP contribution in [0.15, 0.2) is 60.7 Å². The number of esters is 1. The monoisotopic (exact) mass is 576 g/mol. The van der Waals surface area contributed by atoms with E-state index in [1.165, 1.54) is 5.56 Å². The summed E-state index contributed by atoms with van der Waals surface area (Å²) < 4.78 is 17.5. The van der Waals surface area contributed by atoms with E-state index < -0.39 is 11.0 Å². The van der Waals surface area contributed by atoms with Crippen LogP contribution in [0.5, 0.6) is 0 Å². The highest BCUT2D eigenvalue weighted by Crippen LogP contribution is 2.48. The second-order valence-corrected chi connectivity index (χ2v) is 13.8. The SMILES string of the molecule is COCC1(CN(C(=O)OC(C)(C)C)[C@@H]2CC2c2ccccc2)CCN(CC2(C(=O)OCc3ccccc3)CCC2)CC1. The van der Waals surface area contributed by atoms with Gasteiger partial charge in [0.05, 0.1) is 12.0 Å². The van der Waals surface area contributed by atoms with E-state index in [0.717, 1.165) is 63.7 Å². The van der Waals surface area contributed by atoms with Crippen LogP contribution in [0, 0.1) is 10.8 Å². The van der Waals surface area contributed by atoms with Crippen molar-refractivity contribution in [3.8, 4) is 0 Å². The number of carbonyl (C=O) groups is 2. The standard InChI is InChI=1S/C35H48N2O5/c1-33(2,3)42-32(39)37(30-22-29(30)28-14-9-6-10-15-28)24-34(26-40-4)18-20-36(21-19-34)25-35(16-11-17-35)31(38)41-23-27-12-7-5-8-13-27/h5-10,12-15,29-30H,11,16-26H2,1-4H3/t29?,30-/m1/s1. The van der Waals surface area contributed by atoms with Crippen LogP contribution in [-0.2, 0) is 25.6 Å². The Hall–Kier alpha value is -2.90. The molecule has 1 heterocycles. The highest BCUT2D eigenvalue weighted by Gasteiger charge is 2.51. The summed E-state index contributed by atoms with van der Waals surface area (Å²) in [5, 5.41) is 0. The molecule has 3 fully saturated rings. The van der Waals surface area contributed by atoms with Crippen LogP contribution in [0.25, 0.3) is 0 Å². The van der Waals surface area contributed by atoms with Crippen LogP contribution in [0.2, 0.25) is 0 Å². The first-order valence-corrected chi connectivity index (χ1v) is 15.6. The Bertz CT molecular complexity index is 1180. The Morgan fingerprint density at radius 3 is 2.17 bits per heavy atom. The molecule has 2 aliphatic carbocycles. The Morgan fingerprint density at radius 1 is 0.952 bits per heavy atom. The molecular formula is C35H48N2O5. The fourth-order valence-corrected chi connectivity index (χ4v) is 6.76. The molecule has 42 heavy (non-hydrogen) atoms. The van der Waals surface area contributed by atoms with Crippen molar-refractivity contribution >= 4 is 12.1 Å². The predicted molar refractivity (Wildman–Crippen MR) is 163 cm³/mol. The van der Waals surface area contributed by atoms with E-state index in [4.69, 9.17) is 14.2 Å². The van der Waals surface area contributed by atoms with Crippen LogP contribution < -0.4 is 0 Å². The Kier molecular flexibility index (Phi) is 9.28. The summed E-state index contributed by atoms with van der Waals surface area (Å²) in [6, 6.07) is 20.5. The lowest BCUT2D eigenvalue weighted by Gasteiger charge is -2.48. The number of benzene rings is 2. The quantitative estimate of drug-likeness (QED) is 0.288. The molecule has 0 spiro atoms. The van der Waals surface area contributed by atoms with Gasteiger partial charge in [0.1, 0.15) is 12.2 Å². The third-order valence-electron chi connectivity index (χ3n) is 9.37. The fraction of sp³-hybridized carbons (Fsp3) is 0.600. The molecule has 1 aliphatic heterocycles. The van der Waals surface area contributed by atoms with Crippen LogP contribution in [0.1, 0.15) is 76.3 Å². The van der Waals surface area contributed by atoms with E-state index in [1.807, 2.05) is 62.1 Å². The van der Waals surface area contributed by atoms with Crippen molar-refractivity contribution in [1.29, 1.82) is 0 Å². The van der Waals surface area contributed by atoms with Crippen LogP contribution in [0.3, 0.4) is 0 Å². The summed E-state index contributed by atoms with van der Waals surface area (Å²) in [5.41, 5.74) is 1.16. The maximum atomic E-state index is 13.6. The predicted octanol–water partition coefficient (Wildman–Crippen LogP) is 6.42. The van der Waals surface area contributed by atoms with Gasteiger partial charge in [-0.05, 0) is 77.1 Å². The van der Waals surface area contributed by atoms with Gasteiger partial charge in [0.2, 0.25) is 0 Å². The van der Waals surface area contributed by atoms with E-state index in [1.54, 1.807) is 7.11 Å². The van der Waals surface area contributed by atoms with E-state index in [2.05, 4.69) is 29.2 Å². The molecule has 0 bridgehead atoms. The van der Waals surface area contributed by atoms with Gasteiger partial charge in [0.15, 0.2) is 0 Å². The number of ether oxygens (including phenoxy) is 3.